The van der Waals surface area contributed by atoms with Crippen LogP contribution in [0.1, 0.15) is 16.1 Å². The lowest BCUT2D eigenvalue weighted by Crippen LogP contribution is -2.48. The number of hydrogen-bond donors (Lipinski definition) is 0. The molecule has 1 amide bonds. The molecule has 114 valence electrons. The van der Waals surface area contributed by atoms with E-state index in [2.05, 4.69) is 34.2 Å². The van der Waals surface area contributed by atoms with Crippen molar-refractivity contribution in [1.82, 2.24) is 14.8 Å². The number of benzene rings is 1. The fourth-order valence-corrected chi connectivity index (χ4v) is 3.04. The highest BCUT2D eigenvalue weighted by Gasteiger charge is 2.22. The molecule has 1 aromatic heterocycles. The average molecular weight is 313 g/mol. The summed E-state index contributed by atoms with van der Waals surface area (Å²) in [5.41, 5.74) is 3.50. The number of piperazine rings is 1. The van der Waals surface area contributed by atoms with Crippen molar-refractivity contribution < 1.29 is 4.79 Å². The lowest BCUT2D eigenvalue weighted by molar-refractivity contribution is 0.0645. The van der Waals surface area contributed by atoms with E-state index in [0.717, 1.165) is 32.7 Å². The second-order valence-electron chi connectivity index (χ2n) is 5.28. The average Bonchev–Trinajstić information content (AvgIpc) is 3.10. The molecular weight excluding hydrogens is 294 g/mol. The van der Waals surface area contributed by atoms with Gasteiger partial charge in [0.15, 0.2) is 0 Å². The maximum atomic E-state index is 12.2. The van der Waals surface area contributed by atoms with Gasteiger partial charge in [0.1, 0.15) is 5.69 Å². The second kappa shape index (κ2) is 7.33. The molecule has 3 rings (SSSR count). The van der Waals surface area contributed by atoms with Gasteiger partial charge in [-0.1, -0.05) is 42.5 Å². The SMILES string of the molecule is O=C(c1cscn1)N1CCN(C/C=C/c2ccccc2)CC1. The third kappa shape index (κ3) is 3.81. The molecule has 0 N–H and O–H groups in total. The van der Waals surface area contributed by atoms with E-state index in [9.17, 15) is 4.79 Å². The van der Waals surface area contributed by atoms with Crippen LogP contribution in [-0.2, 0) is 0 Å². The molecule has 1 aliphatic heterocycles. The number of nitrogens with zero attached hydrogens (tertiary/aromatic N) is 3. The Hall–Kier alpha value is -1.98. The quantitative estimate of drug-likeness (QED) is 0.870. The normalized spacial score (nSPS) is 16.3. The standard InChI is InChI=1S/C17H19N3OS/c21-17(16-13-22-14-18-16)20-11-9-19(10-12-20)8-4-7-15-5-2-1-3-6-15/h1-7,13-14H,8-12H2/b7-4+. The first-order valence-corrected chi connectivity index (χ1v) is 8.38. The minimum atomic E-state index is 0.0562. The van der Waals surface area contributed by atoms with Gasteiger partial charge in [-0.15, -0.1) is 11.3 Å². The number of hydrogen-bond acceptors (Lipinski definition) is 4. The number of rotatable bonds is 4. The maximum Gasteiger partial charge on any atom is 0.273 e. The fourth-order valence-electron chi connectivity index (χ4n) is 2.52. The van der Waals surface area contributed by atoms with E-state index in [1.165, 1.54) is 16.9 Å². The van der Waals surface area contributed by atoms with Crippen molar-refractivity contribution >= 4 is 23.3 Å². The molecule has 0 unspecified atom stereocenters. The van der Waals surface area contributed by atoms with E-state index in [1.807, 2.05) is 28.5 Å². The third-order valence-corrected chi connectivity index (χ3v) is 4.37. The van der Waals surface area contributed by atoms with Crippen LogP contribution in [0.2, 0.25) is 0 Å². The summed E-state index contributed by atoms with van der Waals surface area (Å²) in [5, 5.41) is 1.82. The number of carbonyl (C=O) groups excluding carboxylic acids is 1. The van der Waals surface area contributed by atoms with Crippen LogP contribution in [-0.4, -0.2) is 53.4 Å². The molecule has 5 heteroatoms. The van der Waals surface area contributed by atoms with Gasteiger partial charge in [-0.3, -0.25) is 9.69 Å². The Kier molecular flexibility index (Phi) is 4.98. The lowest BCUT2D eigenvalue weighted by atomic mass is 10.2. The van der Waals surface area contributed by atoms with Crippen LogP contribution in [0.3, 0.4) is 0 Å². The maximum absolute atomic E-state index is 12.2. The molecule has 1 fully saturated rings. The van der Waals surface area contributed by atoms with Crippen LogP contribution in [0.25, 0.3) is 6.08 Å². The zero-order valence-electron chi connectivity index (χ0n) is 12.4. The Morgan fingerprint density at radius 2 is 1.95 bits per heavy atom. The number of amides is 1. The fraction of sp³-hybridized carbons (Fsp3) is 0.294. The van der Waals surface area contributed by atoms with Crippen molar-refractivity contribution in [2.24, 2.45) is 0 Å². The van der Waals surface area contributed by atoms with Gasteiger partial charge < -0.3 is 4.90 Å². The summed E-state index contributed by atoms with van der Waals surface area (Å²) in [4.78, 5) is 20.6. The van der Waals surface area contributed by atoms with Crippen LogP contribution in [0, 0.1) is 0 Å². The predicted octanol–water partition coefficient (Wildman–Crippen LogP) is 2.61. The topological polar surface area (TPSA) is 36.4 Å². The molecule has 0 radical (unpaired) electrons. The van der Waals surface area contributed by atoms with Crippen molar-refractivity contribution in [2.45, 2.75) is 0 Å². The molecule has 22 heavy (non-hydrogen) atoms. The minimum Gasteiger partial charge on any atom is -0.335 e. The molecular formula is C17H19N3OS. The second-order valence-corrected chi connectivity index (χ2v) is 6.00. The summed E-state index contributed by atoms with van der Waals surface area (Å²) in [6.07, 6.45) is 4.33. The summed E-state index contributed by atoms with van der Waals surface area (Å²) < 4.78 is 0. The zero-order valence-corrected chi connectivity index (χ0v) is 13.2. The smallest absolute Gasteiger partial charge is 0.273 e. The molecule has 0 spiro atoms. The zero-order chi connectivity index (χ0) is 15.2. The molecule has 1 aliphatic rings. The largest absolute Gasteiger partial charge is 0.335 e. The molecule has 0 aliphatic carbocycles. The first-order chi connectivity index (χ1) is 10.8. The van der Waals surface area contributed by atoms with Crippen molar-refractivity contribution in [3.8, 4) is 0 Å². The Bertz CT molecular complexity index is 617. The number of aromatic nitrogens is 1. The Balaban J connectivity index is 1.46. The van der Waals surface area contributed by atoms with Gasteiger partial charge in [0.05, 0.1) is 5.51 Å². The highest BCUT2D eigenvalue weighted by atomic mass is 32.1. The van der Waals surface area contributed by atoms with Gasteiger partial charge >= 0.3 is 0 Å². The molecule has 1 saturated heterocycles. The van der Waals surface area contributed by atoms with Crippen LogP contribution in [0.4, 0.5) is 0 Å². The Morgan fingerprint density at radius 1 is 1.18 bits per heavy atom. The van der Waals surface area contributed by atoms with E-state index in [-0.39, 0.29) is 5.91 Å². The van der Waals surface area contributed by atoms with Gasteiger partial charge in [0, 0.05) is 38.1 Å². The van der Waals surface area contributed by atoms with Crippen LogP contribution in [0.5, 0.6) is 0 Å². The van der Waals surface area contributed by atoms with Gasteiger partial charge in [0.2, 0.25) is 0 Å². The monoisotopic (exact) mass is 313 g/mol. The van der Waals surface area contributed by atoms with Crippen LogP contribution >= 0.6 is 11.3 Å². The van der Waals surface area contributed by atoms with Gasteiger partial charge in [-0.2, -0.15) is 0 Å². The van der Waals surface area contributed by atoms with Gasteiger partial charge in [-0.25, -0.2) is 4.98 Å². The van der Waals surface area contributed by atoms with Crippen molar-refractivity contribution in [3.63, 3.8) is 0 Å². The summed E-state index contributed by atoms with van der Waals surface area (Å²) in [7, 11) is 0. The Labute approximate surface area is 134 Å². The van der Waals surface area contributed by atoms with Crippen LogP contribution in [0.15, 0.2) is 47.3 Å². The van der Waals surface area contributed by atoms with E-state index in [0.29, 0.717) is 5.69 Å². The summed E-state index contributed by atoms with van der Waals surface area (Å²) >= 11 is 1.46. The predicted molar refractivity (Wildman–Crippen MR) is 89.9 cm³/mol. The minimum absolute atomic E-state index is 0.0562. The van der Waals surface area contributed by atoms with E-state index in [4.69, 9.17) is 0 Å². The van der Waals surface area contributed by atoms with E-state index in [1.54, 1.807) is 5.51 Å². The highest BCUT2D eigenvalue weighted by Crippen LogP contribution is 2.09. The summed E-state index contributed by atoms with van der Waals surface area (Å²) in [5.74, 6) is 0.0562. The Morgan fingerprint density at radius 3 is 2.64 bits per heavy atom. The van der Waals surface area contributed by atoms with E-state index >= 15 is 0 Å². The first-order valence-electron chi connectivity index (χ1n) is 7.44. The summed E-state index contributed by atoms with van der Waals surface area (Å²) in [6, 6.07) is 10.3. The molecule has 0 saturated carbocycles. The highest BCUT2D eigenvalue weighted by molar-refractivity contribution is 7.07. The number of carbonyl (C=O) groups is 1. The third-order valence-electron chi connectivity index (χ3n) is 3.78. The molecule has 4 nitrogen and oxygen atoms in total. The van der Waals surface area contributed by atoms with Crippen LogP contribution < -0.4 is 0 Å². The van der Waals surface area contributed by atoms with E-state index < -0.39 is 0 Å². The molecule has 1 aromatic carbocycles. The molecule has 0 bridgehead atoms. The van der Waals surface area contributed by atoms with Crippen molar-refractivity contribution in [1.29, 1.82) is 0 Å². The van der Waals surface area contributed by atoms with Gasteiger partial charge in [-0.05, 0) is 5.56 Å². The first kappa shape index (κ1) is 14.9. The molecule has 2 aromatic rings. The molecule has 2 heterocycles. The van der Waals surface area contributed by atoms with Crippen molar-refractivity contribution in [2.75, 3.05) is 32.7 Å². The van der Waals surface area contributed by atoms with Gasteiger partial charge in [0.25, 0.3) is 5.91 Å². The van der Waals surface area contributed by atoms with Crippen molar-refractivity contribution in [3.05, 3.63) is 58.6 Å². The number of thiazole rings is 1. The molecule has 0 atom stereocenters. The lowest BCUT2D eigenvalue weighted by Gasteiger charge is -2.33. The summed E-state index contributed by atoms with van der Waals surface area (Å²) in [6.45, 7) is 4.29.